The lowest BCUT2D eigenvalue weighted by atomic mass is 9.47. The molecule has 4 rings (SSSR count). The van der Waals surface area contributed by atoms with Crippen LogP contribution < -0.4 is 0 Å². The van der Waals surface area contributed by atoms with Crippen molar-refractivity contribution in [2.75, 3.05) is 6.61 Å². The molecule has 0 aromatic carbocycles. The SMILES string of the molecule is C[C@]12CC[C@H]3[C@@H](CCC4=C[C@@H](O)CC[C@@]43C)[C@@H]1CC[C@@H]2COS(=O)(=O)O. The minimum absolute atomic E-state index is 0.109. The summed E-state index contributed by atoms with van der Waals surface area (Å²) in [6.45, 7) is 4.84. The topological polar surface area (TPSA) is 83.8 Å². The van der Waals surface area contributed by atoms with Gasteiger partial charge in [0, 0.05) is 0 Å². The molecule has 0 amide bonds. The number of hydrogen-bond donors (Lipinski definition) is 2. The predicted molar refractivity (Wildman–Crippen MR) is 98.7 cm³/mol. The van der Waals surface area contributed by atoms with Gasteiger partial charge in [-0.15, -0.1) is 0 Å². The number of aliphatic hydroxyl groups is 1. The highest BCUT2D eigenvalue weighted by Crippen LogP contribution is 2.66. The van der Waals surface area contributed by atoms with Gasteiger partial charge in [-0.2, -0.15) is 8.42 Å². The van der Waals surface area contributed by atoms with E-state index in [0.29, 0.717) is 17.8 Å². The van der Waals surface area contributed by atoms with E-state index >= 15 is 0 Å². The van der Waals surface area contributed by atoms with Gasteiger partial charge in [0.15, 0.2) is 0 Å². The molecule has 0 aromatic heterocycles. The number of aliphatic hydroxyl groups excluding tert-OH is 1. The highest BCUT2D eigenvalue weighted by atomic mass is 32.3. The van der Waals surface area contributed by atoms with Gasteiger partial charge in [0.1, 0.15) is 0 Å². The van der Waals surface area contributed by atoms with Crippen molar-refractivity contribution in [3.63, 3.8) is 0 Å². The van der Waals surface area contributed by atoms with Gasteiger partial charge in [-0.3, -0.25) is 4.55 Å². The number of hydrogen-bond acceptors (Lipinski definition) is 4. The van der Waals surface area contributed by atoms with E-state index in [-0.39, 0.29) is 29.5 Å². The zero-order valence-electron chi connectivity index (χ0n) is 15.9. The van der Waals surface area contributed by atoms with Crippen molar-refractivity contribution in [2.45, 2.75) is 71.3 Å². The fourth-order valence-electron chi connectivity index (χ4n) is 7.26. The molecule has 0 spiro atoms. The van der Waals surface area contributed by atoms with Crippen LogP contribution >= 0.6 is 0 Å². The van der Waals surface area contributed by atoms with Crippen LogP contribution in [0.15, 0.2) is 11.6 Å². The van der Waals surface area contributed by atoms with Gasteiger partial charge in [-0.1, -0.05) is 25.5 Å². The largest absolute Gasteiger partial charge is 0.397 e. The fraction of sp³-hybridized carbons (Fsp3) is 0.900. The number of fused-ring (bicyclic) bond motifs is 5. The van der Waals surface area contributed by atoms with Gasteiger partial charge >= 0.3 is 10.4 Å². The molecule has 5 nitrogen and oxygen atoms in total. The van der Waals surface area contributed by atoms with Crippen molar-refractivity contribution in [2.24, 2.45) is 34.5 Å². The van der Waals surface area contributed by atoms with Gasteiger partial charge in [0.2, 0.25) is 0 Å². The highest BCUT2D eigenvalue weighted by Gasteiger charge is 2.58. The van der Waals surface area contributed by atoms with E-state index in [2.05, 4.69) is 19.9 Å². The first-order valence-electron chi connectivity index (χ1n) is 10.1. The van der Waals surface area contributed by atoms with E-state index in [1.165, 1.54) is 18.4 Å². The van der Waals surface area contributed by atoms with E-state index in [4.69, 9.17) is 8.74 Å². The van der Waals surface area contributed by atoms with Gasteiger partial charge in [0.05, 0.1) is 12.7 Å². The molecule has 0 radical (unpaired) electrons. The first-order chi connectivity index (χ1) is 12.1. The minimum atomic E-state index is -4.36. The van der Waals surface area contributed by atoms with Crippen molar-refractivity contribution in [1.29, 1.82) is 0 Å². The van der Waals surface area contributed by atoms with Crippen molar-refractivity contribution in [1.82, 2.24) is 0 Å². The lowest BCUT2D eigenvalue weighted by Crippen LogP contribution is -2.51. The van der Waals surface area contributed by atoms with E-state index in [9.17, 15) is 13.5 Å². The Hall–Kier alpha value is -0.430. The van der Waals surface area contributed by atoms with Crippen molar-refractivity contribution >= 4 is 10.4 Å². The molecular weight excluding hydrogens is 352 g/mol. The maximum atomic E-state index is 11.0. The van der Waals surface area contributed by atoms with Crippen molar-refractivity contribution < 1.29 is 22.3 Å². The summed E-state index contributed by atoms with van der Waals surface area (Å²) in [6, 6.07) is 0. The summed E-state index contributed by atoms with van der Waals surface area (Å²) in [6.07, 6.45) is 10.5. The third-order valence-electron chi connectivity index (χ3n) is 8.70. The van der Waals surface area contributed by atoms with Crippen LogP contribution in [0.5, 0.6) is 0 Å². The summed E-state index contributed by atoms with van der Waals surface area (Å²) >= 11 is 0. The molecule has 4 aliphatic rings. The maximum absolute atomic E-state index is 11.0. The Morgan fingerprint density at radius 2 is 1.88 bits per heavy atom. The average Bonchev–Trinajstić information content (AvgIpc) is 2.89. The molecule has 6 heteroatoms. The van der Waals surface area contributed by atoms with Crippen LogP contribution in [0.4, 0.5) is 0 Å². The van der Waals surface area contributed by atoms with Crippen LogP contribution in [-0.2, 0) is 14.6 Å². The zero-order valence-corrected chi connectivity index (χ0v) is 16.7. The van der Waals surface area contributed by atoms with Gasteiger partial charge < -0.3 is 5.11 Å². The Bertz CT molecular complexity index is 701. The van der Waals surface area contributed by atoms with Crippen LogP contribution in [0.25, 0.3) is 0 Å². The Morgan fingerprint density at radius 1 is 1.12 bits per heavy atom. The second kappa shape index (κ2) is 6.29. The summed E-state index contributed by atoms with van der Waals surface area (Å²) in [5, 5.41) is 10.0. The minimum Gasteiger partial charge on any atom is -0.389 e. The zero-order chi connectivity index (χ0) is 18.7. The first-order valence-corrected chi connectivity index (χ1v) is 11.5. The van der Waals surface area contributed by atoms with Gasteiger partial charge in [-0.05, 0) is 85.9 Å². The van der Waals surface area contributed by atoms with E-state index in [1.54, 1.807) is 0 Å². The Balaban J connectivity index is 1.55. The van der Waals surface area contributed by atoms with E-state index < -0.39 is 10.4 Å². The molecule has 3 fully saturated rings. The lowest BCUT2D eigenvalue weighted by Gasteiger charge is -2.58. The lowest BCUT2D eigenvalue weighted by molar-refractivity contribution is -0.0602. The summed E-state index contributed by atoms with van der Waals surface area (Å²) < 4.78 is 35.8. The molecule has 0 saturated heterocycles. The molecular formula is C20H32O5S. The van der Waals surface area contributed by atoms with Crippen LogP contribution in [-0.4, -0.2) is 30.8 Å². The summed E-state index contributed by atoms with van der Waals surface area (Å²) in [4.78, 5) is 0. The van der Waals surface area contributed by atoms with Crippen LogP contribution in [0, 0.1) is 34.5 Å². The smallest absolute Gasteiger partial charge is 0.389 e. The van der Waals surface area contributed by atoms with Crippen LogP contribution in [0.1, 0.15) is 65.2 Å². The molecule has 0 aromatic rings. The Morgan fingerprint density at radius 3 is 2.62 bits per heavy atom. The Kier molecular flexibility index (Phi) is 4.58. The quantitative estimate of drug-likeness (QED) is 0.572. The first kappa shape index (κ1) is 18.9. The number of allylic oxidation sites excluding steroid dienone is 1. The van der Waals surface area contributed by atoms with Gasteiger partial charge in [0.25, 0.3) is 0 Å². The third-order valence-corrected chi connectivity index (χ3v) is 9.14. The molecule has 0 aliphatic heterocycles. The normalized spacial score (nSPS) is 48.3. The summed E-state index contributed by atoms with van der Waals surface area (Å²) in [7, 11) is -4.36. The second-order valence-corrected chi connectivity index (χ2v) is 10.8. The van der Waals surface area contributed by atoms with Crippen LogP contribution in [0.2, 0.25) is 0 Å². The van der Waals surface area contributed by atoms with E-state index in [0.717, 1.165) is 38.5 Å². The molecule has 0 unspecified atom stereocenters. The third kappa shape index (κ3) is 2.97. The van der Waals surface area contributed by atoms with Crippen molar-refractivity contribution in [3.05, 3.63) is 11.6 Å². The standard InChI is InChI=1S/C20H32O5S/c1-19-9-7-15(21)11-13(19)3-5-16-17-6-4-14(12-25-26(22,23)24)20(17,2)10-8-18(16)19/h11,14-18,21H,3-10,12H2,1-2H3,(H,22,23,24)/t14-,15+,16+,17+,18+,19+,20-/m1/s1. The van der Waals surface area contributed by atoms with Gasteiger partial charge in [-0.25, -0.2) is 4.18 Å². The van der Waals surface area contributed by atoms with Crippen molar-refractivity contribution in [3.8, 4) is 0 Å². The second-order valence-electron chi connectivity index (χ2n) is 9.66. The molecule has 148 valence electrons. The van der Waals surface area contributed by atoms with E-state index in [1.807, 2.05) is 0 Å². The Labute approximate surface area is 157 Å². The molecule has 0 bridgehead atoms. The monoisotopic (exact) mass is 384 g/mol. The highest BCUT2D eigenvalue weighted by molar-refractivity contribution is 7.80. The molecule has 7 atom stereocenters. The molecule has 4 aliphatic carbocycles. The molecule has 26 heavy (non-hydrogen) atoms. The average molecular weight is 385 g/mol. The predicted octanol–water partition coefficient (Wildman–Crippen LogP) is 3.75. The molecule has 3 saturated carbocycles. The van der Waals surface area contributed by atoms with Crippen LogP contribution in [0.3, 0.4) is 0 Å². The maximum Gasteiger partial charge on any atom is 0.397 e. The number of rotatable bonds is 3. The molecule has 0 heterocycles. The summed E-state index contributed by atoms with van der Waals surface area (Å²) in [5.41, 5.74) is 1.81. The molecule has 2 N–H and O–H groups in total. The summed E-state index contributed by atoms with van der Waals surface area (Å²) in [5.74, 6) is 2.17. The fourth-order valence-corrected chi connectivity index (χ4v) is 7.60.